The normalized spacial score (nSPS) is 9.50. The zero-order chi connectivity index (χ0) is 10.7. The van der Waals surface area contributed by atoms with Gasteiger partial charge in [0.15, 0.2) is 0 Å². The number of carboxylic acid groups (broad SMARTS) is 1. The van der Waals surface area contributed by atoms with Crippen LogP contribution in [-0.4, -0.2) is 22.2 Å². The molecule has 1 aromatic rings. The van der Waals surface area contributed by atoms with Gasteiger partial charge in [-0.25, -0.2) is 9.59 Å². The second kappa shape index (κ2) is 3.75. The van der Waals surface area contributed by atoms with Crippen LogP contribution >= 0.6 is 0 Å². The number of carbonyl (C=O) groups excluding carboxylic acids is 1. The minimum absolute atomic E-state index is 0.129. The van der Waals surface area contributed by atoms with E-state index in [2.05, 4.69) is 10.7 Å². The van der Waals surface area contributed by atoms with Crippen LogP contribution in [0.1, 0.15) is 20.7 Å². The summed E-state index contributed by atoms with van der Waals surface area (Å²) in [6.45, 7) is 0. The molecule has 0 aliphatic heterocycles. The topological polar surface area (TPSA) is 110 Å². The summed E-state index contributed by atoms with van der Waals surface area (Å²) in [5.41, 5.74) is -0.312. The Kier molecular flexibility index (Phi) is 2.68. The number of nitrogens with two attached hydrogens (primary N) is 1. The molecular weight excluding hydrogens is 190 g/mol. The van der Waals surface area contributed by atoms with Crippen molar-refractivity contribution in [2.75, 3.05) is 0 Å². The fourth-order valence-corrected chi connectivity index (χ4v) is 0.901. The molecule has 0 saturated carbocycles. The van der Waals surface area contributed by atoms with Gasteiger partial charge in [0.25, 0.3) is 0 Å². The Bertz CT molecular complexity index is 387. The molecule has 14 heavy (non-hydrogen) atoms. The molecular formula is C8H7NO5. The highest BCUT2D eigenvalue weighted by molar-refractivity contribution is 5.95. The van der Waals surface area contributed by atoms with Crippen LogP contribution in [-0.2, 0) is 4.84 Å². The minimum atomic E-state index is -1.20. The summed E-state index contributed by atoms with van der Waals surface area (Å²) >= 11 is 0. The van der Waals surface area contributed by atoms with Crippen molar-refractivity contribution in [3.05, 3.63) is 29.3 Å². The van der Waals surface area contributed by atoms with Crippen LogP contribution in [0.25, 0.3) is 0 Å². The smallest absolute Gasteiger partial charge is 0.360 e. The van der Waals surface area contributed by atoms with Crippen LogP contribution in [0.4, 0.5) is 0 Å². The van der Waals surface area contributed by atoms with Crippen LogP contribution in [0.3, 0.4) is 0 Å². The van der Waals surface area contributed by atoms with Gasteiger partial charge in [-0.3, -0.25) is 0 Å². The van der Waals surface area contributed by atoms with Crippen molar-refractivity contribution in [3.8, 4) is 5.75 Å². The molecule has 0 unspecified atom stereocenters. The molecule has 0 aromatic heterocycles. The van der Waals surface area contributed by atoms with Crippen LogP contribution in [0, 0.1) is 0 Å². The molecule has 6 nitrogen and oxygen atoms in total. The average Bonchev–Trinajstić information content (AvgIpc) is 2.16. The second-order valence-electron chi connectivity index (χ2n) is 2.44. The number of carbonyl (C=O) groups is 2. The first-order chi connectivity index (χ1) is 6.56. The molecule has 0 fully saturated rings. The van der Waals surface area contributed by atoms with E-state index in [-0.39, 0.29) is 11.1 Å². The molecule has 4 N–H and O–H groups in total. The number of phenols is 1. The number of phenolic OH excluding ortho intramolecular Hbond substituents is 1. The van der Waals surface area contributed by atoms with Crippen LogP contribution in [0.15, 0.2) is 18.2 Å². The number of rotatable bonds is 2. The van der Waals surface area contributed by atoms with Gasteiger partial charge in [0, 0.05) is 0 Å². The van der Waals surface area contributed by atoms with Gasteiger partial charge in [-0.1, -0.05) is 0 Å². The fraction of sp³-hybridized carbons (Fsp3) is 0. The third kappa shape index (κ3) is 1.80. The summed E-state index contributed by atoms with van der Waals surface area (Å²) in [6, 6.07) is 3.22. The van der Waals surface area contributed by atoms with Crippen LogP contribution in [0.5, 0.6) is 5.75 Å². The maximum absolute atomic E-state index is 10.9. The van der Waals surface area contributed by atoms with Crippen molar-refractivity contribution in [1.82, 2.24) is 0 Å². The highest BCUT2D eigenvalue weighted by Gasteiger charge is 2.14. The van der Waals surface area contributed by atoms with Crippen molar-refractivity contribution in [2.45, 2.75) is 0 Å². The lowest BCUT2D eigenvalue weighted by atomic mass is 10.1. The van der Waals surface area contributed by atoms with E-state index >= 15 is 0 Å². The first kappa shape index (κ1) is 10.0. The predicted molar refractivity (Wildman–Crippen MR) is 44.7 cm³/mol. The van der Waals surface area contributed by atoms with E-state index in [9.17, 15) is 14.7 Å². The Morgan fingerprint density at radius 1 is 1.36 bits per heavy atom. The SMILES string of the molecule is NOC(=O)c1ccc(C(=O)O)cc1O. The summed E-state index contributed by atoms with van der Waals surface area (Å²) in [5, 5.41) is 17.8. The fourth-order valence-electron chi connectivity index (χ4n) is 0.901. The molecule has 1 aromatic carbocycles. The maximum Gasteiger partial charge on any atom is 0.360 e. The van der Waals surface area contributed by atoms with Gasteiger partial charge < -0.3 is 15.1 Å². The largest absolute Gasteiger partial charge is 0.507 e. The highest BCUT2D eigenvalue weighted by Crippen LogP contribution is 2.19. The Labute approximate surface area is 78.5 Å². The van der Waals surface area contributed by atoms with E-state index in [4.69, 9.17) is 5.11 Å². The third-order valence-electron chi connectivity index (χ3n) is 1.57. The lowest BCUT2D eigenvalue weighted by Crippen LogP contribution is -2.10. The highest BCUT2D eigenvalue weighted by atomic mass is 16.7. The molecule has 0 aliphatic rings. The van der Waals surface area contributed by atoms with E-state index in [0.717, 1.165) is 18.2 Å². The molecule has 6 heteroatoms. The third-order valence-corrected chi connectivity index (χ3v) is 1.57. The van der Waals surface area contributed by atoms with Gasteiger partial charge in [-0.15, -0.1) is 0 Å². The van der Waals surface area contributed by atoms with Gasteiger partial charge in [0.1, 0.15) is 11.3 Å². The average molecular weight is 197 g/mol. The number of hydrogen-bond acceptors (Lipinski definition) is 5. The van der Waals surface area contributed by atoms with Gasteiger partial charge in [0.05, 0.1) is 5.56 Å². The molecule has 0 spiro atoms. The number of aromatic hydroxyl groups is 1. The molecule has 0 amide bonds. The molecule has 0 bridgehead atoms. The first-order valence-corrected chi connectivity index (χ1v) is 3.53. The quantitative estimate of drug-likeness (QED) is 0.581. The first-order valence-electron chi connectivity index (χ1n) is 3.53. The molecule has 1 rings (SSSR count). The summed E-state index contributed by atoms with van der Waals surface area (Å²) in [6.07, 6.45) is 0. The molecule has 0 aliphatic carbocycles. The van der Waals surface area contributed by atoms with Gasteiger partial charge in [0.2, 0.25) is 0 Å². The van der Waals surface area contributed by atoms with Crippen LogP contribution in [0.2, 0.25) is 0 Å². The Morgan fingerprint density at radius 3 is 2.43 bits per heavy atom. The summed E-state index contributed by atoms with van der Waals surface area (Å²) in [5.74, 6) is 1.98. The maximum atomic E-state index is 10.9. The van der Waals surface area contributed by atoms with E-state index in [1.165, 1.54) is 0 Å². The number of aromatic carboxylic acids is 1. The zero-order valence-corrected chi connectivity index (χ0v) is 6.93. The van der Waals surface area contributed by atoms with Crippen molar-refractivity contribution < 1.29 is 24.6 Å². The van der Waals surface area contributed by atoms with Crippen molar-refractivity contribution in [3.63, 3.8) is 0 Å². The van der Waals surface area contributed by atoms with Crippen molar-refractivity contribution in [2.24, 2.45) is 5.90 Å². The molecule has 74 valence electrons. The van der Waals surface area contributed by atoms with E-state index in [0.29, 0.717) is 0 Å². The minimum Gasteiger partial charge on any atom is -0.507 e. The number of hydrogen-bond donors (Lipinski definition) is 3. The lowest BCUT2D eigenvalue weighted by Gasteiger charge is -2.02. The Hall–Kier alpha value is -2.08. The Balaban J connectivity index is 3.14. The van der Waals surface area contributed by atoms with Gasteiger partial charge in [-0.2, -0.15) is 5.90 Å². The van der Waals surface area contributed by atoms with E-state index in [1.807, 2.05) is 0 Å². The monoisotopic (exact) mass is 197 g/mol. The summed E-state index contributed by atoms with van der Waals surface area (Å²) in [7, 11) is 0. The number of carboxylic acids is 1. The summed E-state index contributed by atoms with van der Waals surface area (Å²) < 4.78 is 0. The standard InChI is InChI=1S/C8H7NO5/c9-14-8(13)5-2-1-4(7(11)12)3-6(5)10/h1-3,10H,9H2,(H,11,12). The van der Waals surface area contributed by atoms with Crippen molar-refractivity contribution in [1.29, 1.82) is 0 Å². The van der Waals surface area contributed by atoms with E-state index in [1.54, 1.807) is 0 Å². The molecule has 0 radical (unpaired) electrons. The van der Waals surface area contributed by atoms with Gasteiger partial charge >= 0.3 is 11.9 Å². The van der Waals surface area contributed by atoms with Crippen LogP contribution < -0.4 is 5.90 Å². The van der Waals surface area contributed by atoms with Gasteiger partial charge in [-0.05, 0) is 18.2 Å². The lowest BCUT2D eigenvalue weighted by molar-refractivity contribution is 0.0499. The summed E-state index contributed by atoms with van der Waals surface area (Å²) in [4.78, 5) is 25.2. The molecule has 0 saturated heterocycles. The zero-order valence-electron chi connectivity index (χ0n) is 6.93. The van der Waals surface area contributed by atoms with Crippen molar-refractivity contribution >= 4 is 11.9 Å². The second-order valence-corrected chi connectivity index (χ2v) is 2.44. The Morgan fingerprint density at radius 2 is 2.00 bits per heavy atom. The molecule has 0 heterocycles. The molecule has 0 atom stereocenters. The predicted octanol–water partition coefficient (Wildman–Crippen LogP) is 0.121. The number of benzene rings is 1. The van der Waals surface area contributed by atoms with E-state index < -0.39 is 17.7 Å².